The van der Waals surface area contributed by atoms with Crippen molar-refractivity contribution in [1.29, 1.82) is 0 Å². The molecule has 0 unspecified atom stereocenters. The van der Waals surface area contributed by atoms with E-state index in [2.05, 4.69) is 31.6 Å². The Labute approximate surface area is 254 Å². The van der Waals surface area contributed by atoms with Crippen LogP contribution < -0.4 is 14.8 Å². The molecule has 0 saturated heterocycles. The van der Waals surface area contributed by atoms with Crippen LogP contribution in [0.5, 0.6) is 11.5 Å². The van der Waals surface area contributed by atoms with Gasteiger partial charge in [0.1, 0.15) is 30.0 Å². The van der Waals surface area contributed by atoms with Crippen molar-refractivity contribution in [2.75, 3.05) is 12.3 Å². The lowest BCUT2D eigenvalue weighted by Crippen LogP contribution is -2.22. The van der Waals surface area contributed by atoms with Gasteiger partial charge >= 0.3 is 5.69 Å². The van der Waals surface area contributed by atoms with Crippen molar-refractivity contribution in [3.63, 3.8) is 0 Å². The van der Waals surface area contributed by atoms with Crippen molar-refractivity contribution in [3.8, 4) is 22.6 Å². The van der Waals surface area contributed by atoms with Gasteiger partial charge in [-0.1, -0.05) is 54.6 Å². The third-order valence-electron chi connectivity index (χ3n) is 6.45. The second-order valence-corrected chi connectivity index (χ2v) is 11.8. The summed E-state index contributed by atoms with van der Waals surface area (Å²) in [6.07, 6.45) is 0. The topological polar surface area (TPSA) is 167 Å². The summed E-state index contributed by atoms with van der Waals surface area (Å²) in [5, 5.41) is 22.6. The average molecular weight is 670 g/mol. The lowest BCUT2D eigenvalue weighted by Gasteiger charge is -2.16. The highest BCUT2D eigenvalue weighted by atomic mass is 79.9. The summed E-state index contributed by atoms with van der Waals surface area (Å²) >= 11 is 3.66. The molecule has 5 aromatic rings. The lowest BCUT2D eigenvalue weighted by molar-refractivity contribution is -0.386. The van der Waals surface area contributed by atoms with Crippen molar-refractivity contribution >= 4 is 42.8 Å². The van der Waals surface area contributed by atoms with E-state index in [1.165, 1.54) is 12.1 Å². The Kier molecular flexibility index (Phi) is 9.31. The van der Waals surface area contributed by atoms with E-state index in [1.54, 1.807) is 18.2 Å². The molecule has 14 heteroatoms. The Balaban J connectivity index is 1.42. The molecular weight excluding hydrogens is 644 g/mol. The molecule has 0 bridgehead atoms. The number of nitro groups is 1. The molecule has 5 rings (SSSR count). The smallest absolute Gasteiger partial charge is 0.311 e. The quantitative estimate of drug-likeness (QED) is 0.0684. The Bertz CT molecular complexity index is 1870. The van der Waals surface area contributed by atoms with Crippen molar-refractivity contribution in [1.82, 2.24) is 15.6 Å². The molecule has 43 heavy (non-hydrogen) atoms. The molecule has 1 aromatic heterocycles. The predicted octanol–water partition coefficient (Wildman–Crippen LogP) is 5.70. The fourth-order valence-corrected chi connectivity index (χ4v) is 5.32. The van der Waals surface area contributed by atoms with Crippen LogP contribution in [0.3, 0.4) is 0 Å². The van der Waals surface area contributed by atoms with E-state index < -0.39 is 20.8 Å². The fourth-order valence-electron chi connectivity index (χ4n) is 4.31. The van der Waals surface area contributed by atoms with Crippen LogP contribution in [0.1, 0.15) is 16.7 Å². The first-order valence-electron chi connectivity index (χ1n) is 12.9. The normalized spacial score (nSPS) is 11.5. The molecule has 0 spiro atoms. The summed E-state index contributed by atoms with van der Waals surface area (Å²) in [5.41, 5.74) is 4.72. The van der Waals surface area contributed by atoms with Gasteiger partial charge in [-0.2, -0.15) is 8.42 Å². The van der Waals surface area contributed by atoms with Crippen LogP contribution in [-0.2, 0) is 29.9 Å². The molecule has 2 N–H and O–H groups in total. The minimum absolute atomic E-state index is 0.00477. The second-order valence-electron chi connectivity index (χ2n) is 9.46. The maximum atomic E-state index is 12.1. The fraction of sp³-hybridized carbons (Fsp3) is 0.172. The van der Waals surface area contributed by atoms with E-state index in [0.717, 1.165) is 26.7 Å². The first kappa shape index (κ1) is 30.1. The number of nitrogens with zero attached hydrogens (tertiary/aromatic N) is 3. The van der Waals surface area contributed by atoms with E-state index in [-0.39, 0.29) is 43.5 Å². The summed E-state index contributed by atoms with van der Waals surface area (Å²) in [6, 6.07) is 23.5. The van der Waals surface area contributed by atoms with Crippen LogP contribution in [0.4, 0.5) is 5.69 Å². The van der Waals surface area contributed by atoms with E-state index >= 15 is 0 Å². The van der Waals surface area contributed by atoms with Crippen LogP contribution in [0.15, 0.2) is 88.0 Å². The molecule has 0 aliphatic rings. The van der Waals surface area contributed by atoms with Gasteiger partial charge in [0.15, 0.2) is 0 Å². The summed E-state index contributed by atoms with van der Waals surface area (Å²) in [5.74, 6) is -0.236. The van der Waals surface area contributed by atoms with Gasteiger partial charge in [0, 0.05) is 40.8 Å². The summed E-state index contributed by atoms with van der Waals surface area (Å²) in [6.45, 7) is 0.0703. The summed E-state index contributed by atoms with van der Waals surface area (Å²) in [7, 11) is -4.18. The van der Waals surface area contributed by atoms with Gasteiger partial charge in [-0.15, -0.1) is 0 Å². The monoisotopic (exact) mass is 668 g/mol. The van der Waals surface area contributed by atoms with Crippen molar-refractivity contribution < 1.29 is 32.0 Å². The highest BCUT2D eigenvalue weighted by Crippen LogP contribution is 2.37. The highest BCUT2D eigenvalue weighted by molar-refractivity contribution is 9.10. The molecule has 222 valence electrons. The maximum Gasteiger partial charge on any atom is 0.311 e. The predicted molar refractivity (Wildman–Crippen MR) is 161 cm³/mol. The largest absolute Gasteiger partial charge is 0.488 e. The van der Waals surface area contributed by atoms with Gasteiger partial charge in [0.25, 0.3) is 10.1 Å². The van der Waals surface area contributed by atoms with Gasteiger partial charge in [-0.05, 0) is 55.1 Å². The van der Waals surface area contributed by atoms with Gasteiger partial charge in [0.2, 0.25) is 5.75 Å². The molecule has 0 aliphatic heterocycles. The van der Waals surface area contributed by atoms with Gasteiger partial charge < -0.3 is 14.8 Å². The van der Waals surface area contributed by atoms with Crippen LogP contribution in [0.25, 0.3) is 22.2 Å². The van der Waals surface area contributed by atoms with Gasteiger partial charge in [-0.25, -0.2) is 4.63 Å². The first-order valence-corrected chi connectivity index (χ1v) is 15.3. The van der Waals surface area contributed by atoms with E-state index in [9.17, 15) is 18.5 Å². The van der Waals surface area contributed by atoms with Gasteiger partial charge in [-0.3, -0.25) is 14.7 Å². The molecule has 0 amide bonds. The minimum atomic E-state index is -4.18. The molecule has 0 saturated carbocycles. The SMILES string of the molecule is O=[N+]([O-])c1cc(CNCCS(=O)(=O)O)c(OCc2ccc3nonc3c2)cc1OCc1cccc(-c2ccccc2)c1Br. The number of hydrogen-bond donors (Lipinski definition) is 2. The third-order valence-corrected chi connectivity index (χ3v) is 8.11. The third kappa shape index (κ3) is 7.73. The lowest BCUT2D eigenvalue weighted by atomic mass is 10.0. The van der Waals surface area contributed by atoms with Crippen LogP contribution in [0, 0.1) is 10.1 Å². The zero-order valence-corrected chi connectivity index (χ0v) is 24.9. The molecule has 0 radical (unpaired) electrons. The number of fused-ring (bicyclic) bond motifs is 1. The zero-order chi connectivity index (χ0) is 30.4. The number of halogens is 1. The second kappa shape index (κ2) is 13.3. The van der Waals surface area contributed by atoms with Crippen molar-refractivity contribution in [2.45, 2.75) is 19.8 Å². The molecule has 0 atom stereocenters. The van der Waals surface area contributed by atoms with Crippen LogP contribution in [0.2, 0.25) is 0 Å². The van der Waals surface area contributed by atoms with E-state index in [0.29, 0.717) is 16.6 Å². The Morgan fingerprint density at radius 1 is 0.907 bits per heavy atom. The summed E-state index contributed by atoms with van der Waals surface area (Å²) in [4.78, 5) is 11.5. The Hall–Kier alpha value is -4.37. The van der Waals surface area contributed by atoms with Gasteiger partial charge in [0.05, 0.1) is 10.7 Å². The number of nitro benzene ring substituents is 1. The molecule has 1 heterocycles. The van der Waals surface area contributed by atoms with Crippen molar-refractivity contribution in [2.24, 2.45) is 0 Å². The molecule has 0 fully saturated rings. The van der Waals surface area contributed by atoms with Crippen LogP contribution >= 0.6 is 15.9 Å². The number of ether oxygens (including phenoxy) is 2. The number of rotatable bonds is 13. The highest BCUT2D eigenvalue weighted by Gasteiger charge is 2.22. The summed E-state index contributed by atoms with van der Waals surface area (Å²) < 4.78 is 48.9. The van der Waals surface area contributed by atoms with Crippen molar-refractivity contribution in [3.05, 3.63) is 110 Å². The number of nitrogens with one attached hydrogen (secondary N) is 1. The number of benzene rings is 4. The molecular formula is C29H25BrN4O8S. The van der Waals surface area contributed by atoms with Crippen LogP contribution in [-0.4, -0.2) is 40.5 Å². The molecule has 0 aliphatic carbocycles. The molecule has 4 aromatic carbocycles. The zero-order valence-electron chi connectivity index (χ0n) is 22.5. The first-order chi connectivity index (χ1) is 20.7. The standard InChI is InChI=1S/C29H25BrN4O8S/c30-29-21(7-4-8-23(29)20-5-2-1-3-6-20)18-41-28-15-27(40-17-19-9-10-24-25(13-19)33-42-32-24)22(14-26(28)34(35)36)16-31-11-12-43(37,38)39/h1-10,13-15,31H,11-12,16-18H2,(H,37,38,39). The van der Waals surface area contributed by atoms with E-state index in [1.807, 2.05) is 48.5 Å². The molecule has 12 nitrogen and oxygen atoms in total. The minimum Gasteiger partial charge on any atom is -0.488 e. The average Bonchev–Trinajstić information content (AvgIpc) is 3.46. The Morgan fingerprint density at radius 2 is 1.67 bits per heavy atom. The van der Waals surface area contributed by atoms with E-state index in [4.69, 9.17) is 18.7 Å². The number of hydrogen-bond acceptors (Lipinski definition) is 10. The number of aromatic nitrogens is 2. The Morgan fingerprint density at radius 3 is 2.44 bits per heavy atom. The maximum absolute atomic E-state index is 12.1.